The summed E-state index contributed by atoms with van der Waals surface area (Å²) in [5.74, 6) is 1.72. The maximum Gasteiger partial charge on any atom is 0.143 e. The fraction of sp³-hybridized carbons (Fsp3) is 0.294. The van der Waals surface area contributed by atoms with Crippen molar-refractivity contribution in [2.24, 2.45) is 0 Å². The first-order valence-corrected chi connectivity index (χ1v) is 7.77. The zero-order valence-electron chi connectivity index (χ0n) is 12.2. The van der Waals surface area contributed by atoms with Crippen molar-refractivity contribution in [1.82, 2.24) is 0 Å². The van der Waals surface area contributed by atoms with E-state index < -0.39 is 0 Å². The highest BCUT2D eigenvalue weighted by molar-refractivity contribution is 7.98. The Morgan fingerprint density at radius 2 is 1.95 bits per heavy atom. The average Bonchev–Trinajstić information content (AvgIpc) is 2.39. The fourth-order valence-electron chi connectivity index (χ4n) is 1.93. The Labute approximate surface area is 125 Å². The van der Waals surface area contributed by atoms with Gasteiger partial charge in [0.25, 0.3) is 0 Å². The van der Waals surface area contributed by atoms with Gasteiger partial charge in [0.15, 0.2) is 0 Å². The Morgan fingerprint density at radius 3 is 2.65 bits per heavy atom. The molecule has 106 valence electrons. The molecular formula is C17H21NOS. The molecule has 2 rings (SSSR count). The highest BCUT2D eigenvalue weighted by atomic mass is 32.2. The molecule has 0 saturated carbocycles. The van der Waals surface area contributed by atoms with E-state index in [9.17, 15) is 0 Å². The highest BCUT2D eigenvalue weighted by Crippen LogP contribution is 2.31. The van der Waals surface area contributed by atoms with Crippen LogP contribution in [0.3, 0.4) is 0 Å². The zero-order valence-corrected chi connectivity index (χ0v) is 13.0. The number of anilines is 1. The lowest BCUT2D eigenvalue weighted by Crippen LogP contribution is -2.07. The van der Waals surface area contributed by atoms with Crippen LogP contribution in [0.4, 0.5) is 5.69 Å². The Kier molecular flexibility index (Phi) is 4.96. The Bertz CT molecular complexity index is 581. The lowest BCUT2D eigenvalue weighted by molar-refractivity contribution is 0.243. The van der Waals surface area contributed by atoms with Gasteiger partial charge in [-0.15, -0.1) is 11.8 Å². The van der Waals surface area contributed by atoms with Crippen LogP contribution in [-0.2, 0) is 5.75 Å². The summed E-state index contributed by atoms with van der Waals surface area (Å²) >= 11 is 1.80. The molecule has 0 aromatic heterocycles. The van der Waals surface area contributed by atoms with E-state index >= 15 is 0 Å². The molecule has 0 atom stereocenters. The van der Waals surface area contributed by atoms with Crippen molar-refractivity contribution in [3.63, 3.8) is 0 Å². The van der Waals surface area contributed by atoms with E-state index in [1.807, 2.05) is 32.0 Å². The molecule has 2 aromatic carbocycles. The Morgan fingerprint density at radius 1 is 1.15 bits per heavy atom. The van der Waals surface area contributed by atoms with Crippen molar-refractivity contribution < 1.29 is 4.74 Å². The summed E-state index contributed by atoms with van der Waals surface area (Å²) < 4.78 is 5.72. The van der Waals surface area contributed by atoms with Crippen molar-refractivity contribution in [3.8, 4) is 5.75 Å². The number of nitrogen functional groups attached to an aromatic ring is 1. The second kappa shape index (κ2) is 6.71. The van der Waals surface area contributed by atoms with E-state index in [1.165, 1.54) is 16.0 Å². The van der Waals surface area contributed by atoms with Crippen molar-refractivity contribution in [2.75, 3.05) is 5.73 Å². The first kappa shape index (κ1) is 14.8. The summed E-state index contributed by atoms with van der Waals surface area (Å²) in [6.45, 7) is 6.13. The predicted molar refractivity (Wildman–Crippen MR) is 87.4 cm³/mol. The van der Waals surface area contributed by atoms with Crippen LogP contribution in [0.2, 0.25) is 0 Å². The predicted octanol–water partition coefficient (Wildman–Crippen LogP) is 4.66. The second-order valence-electron chi connectivity index (χ2n) is 5.14. The number of hydrogen-bond acceptors (Lipinski definition) is 3. The molecule has 20 heavy (non-hydrogen) atoms. The van der Waals surface area contributed by atoms with Gasteiger partial charge in [0, 0.05) is 10.6 Å². The number of rotatable bonds is 5. The van der Waals surface area contributed by atoms with Gasteiger partial charge in [0.1, 0.15) is 5.75 Å². The molecule has 0 radical (unpaired) electrons. The summed E-state index contributed by atoms with van der Waals surface area (Å²) in [6, 6.07) is 14.6. The van der Waals surface area contributed by atoms with E-state index in [1.54, 1.807) is 11.8 Å². The summed E-state index contributed by atoms with van der Waals surface area (Å²) in [6.07, 6.45) is 0.134. The van der Waals surface area contributed by atoms with Crippen molar-refractivity contribution in [3.05, 3.63) is 53.6 Å². The largest absolute Gasteiger partial charge is 0.489 e. The monoisotopic (exact) mass is 287 g/mol. The van der Waals surface area contributed by atoms with Crippen LogP contribution in [0.5, 0.6) is 5.75 Å². The minimum atomic E-state index is 0.134. The summed E-state index contributed by atoms with van der Waals surface area (Å²) in [5.41, 5.74) is 9.25. The number of ether oxygens (including phenoxy) is 1. The normalized spacial score (nSPS) is 10.8. The molecule has 0 spiro atoms. The maximum atomic E-state index is 5.93. The molecule has 0 bridgehead atoms. The fourth-order valence-corrected chi connectivity index (χ4v) is 2.80. The second-order valence-corrected chi connectivity index (χ2v) is 6.19. The van der Waals surface area contributed by atoms with E-state index in [0.29, 0.717) is 5.69 Å². The Hall–Kier alpha value is -1.61. The smallest absolute Gasteiger partial charge is 0.143 e. The van der Waals surface area contributed by atoms with Gasteiger partial charge in [-0.3, -0.25) is 0 Å². The van der Waals surface area contributed by atoms with Gasteiger partial charge in [-0.05, 0) is 44.5 Å². The molecule has 0 amide bonds. The van der Waals surface area contributed by atoms with Crippen LogP contribution in [0.15, 0.2) is 47.4 Å². The number of thioether (sulfide) groups is 1. The summed E-state index contributed by atoms with van der Waals surface area (Å²) in [7, 11) is 0. The number of aryl methyl sites for hydroxylation is 1. The molecule has 3 heteroatoms. The molecule has 0 aliphatic carbocycles. The van der Waals surface area contributed by atoms with Gasteiger partial charge in [0.05, 0.1) is 11.8 Å². The maximum absolute atomic E-state index is 5.93. The molecular weight excluding hydrogens is 266 g/mol. The van der Waals surface area contributed by atoms with Gasteiger partial charge in [0.2, 0.25) is 0 Å². The van der Waals surface area contributed by atoms with E-state index in [4.69, 9.17) is 10.5 Å². The molecule has 2 aromatic rings. The Balaban J connectivity index is 2.06. The first-order chi connectivity index (χ1) is 9.54. The molecule has 0 fully saturated rings. The third-order valence-corrected chi connectivity index (χ3v) is 3.90. The molecule has 0 aliphatic rings. The minimum Gasteiger partial charge on any atom is -0.489 e. The van der Waals surface area contributed by atoms with Crippen molar-refractivity contribution >= 4 is 17.4 Å². The van der Waals surface area contributed by atoms with E-state index in [-0.39, 0.29) is 6.10 Å². The van der Waals surface area contributed by atoms with Gasteiger partial charge in [-0.1, -0.05) is 29.8 Å². The molecule has 0 saturated heterocycles. The number of hydrogen-bond donors (Lipinski definition) is 1. The van der Waals surface area contributed by atoms with Crippen LogP contribution in [0.1, 0.15) is 25.0 Å². The standard InChI is InChI=1S/C17H21NOS/c1-12(2)19-17-10-15(7-8-16(17)18)20-11-14-6-4-5-13(3)9-14/h4-10,12H,11,18H2,1-3H3. The summed E-state index contributed by atoms with van der Waals surface area (Å²) in [5, 5.41) is 0. The van der Waals surface area contributed by atoms with Crippen LogP contribution < -0.4 is 10.5 Å². The average molecular weight is 287 g/mol. The lowest BCUT2D eigenvalue weighted by atomic mass is 10.2. The zero-order chi connectivity index (χ0) is 14.5. The molecule has 0 heterocycles. The molecule has 0 unspecified atom stereocenters. The van der Waals surface area contributed by atoms with Crippen molar-refractivity contribution in [1.29, 1.82) is 0 Å². The molecule has 2 nitrogen and oxygen atoms in total. The van der Waals surface area contributed by atoms with Crippen molar-refractivity contribution in [2.45, 2.75) is 37.5 Å². The topological polar surface area (TPSA) is 35.2 Å². The van der Waals surface area contributed by atoms with Crippen LogP contribution in [0.25, 0.3) is 0 Å². The minimum absolute atomic E-state index is 0.134. The SMILES string of the molecule is Cc1cccc(CSc2ccc(N)c(OC(C)C)c2)c1. The highest BCUT2D eigenvalue weighted by Gasteiger charge is 2.05. The third kappa shape index (κ3) is 4.20. The van der Waals surface area contributed by atoms with Gasteiger partial charge in [-0.25, -0.2) is 0 Å². The first-order valence-electron chi connectivity index (χ1n) is 6.79. The number of benzene rings is 2. The lowest BCUT2D eigenvalue weighted by Gasteiger charge is -2.13. The number of nitrogens with two attached hydrogens (primary N) is 1. The molecule has 2 N–H and O–H groups in total. The van der Waals surface area contributed by atoms with Crippen LogP contribution in [-0.4, -0.2) is 6.10 Å². The molecule has 0 aliphatic heterocycles. The van der Waals surface area contributed by atoms with E-state index in [2.05, 4.69) is 31.2 Å². The summed E-state index contributed by atoms with van der Waals surface area (Å²) in [4.78, 5) is 1.18. The van der Waals surface area contributed by atoms with Crippen LogP contribution >= 0.6 is 11.8 Å². The third-order valence-electron chi connectivity index (χ3n) is 2.84. The van der Waals surface area contributed by atoms with Gasteiger partial charge >= 0.3 is 0 Å². The quantitative estimate of drug-likeness (QED) is 0.642. The van der Waals surface area contributed by atoms with Crippen LogP contribution in [0, 0.1) is 6.92 Å². The van der Waals surface area contributed by atoms with Gasteiger partial charge in [-0.2, -0.15) is 0 Å². The van der Waals surface area contributed by atoms with E-state index in [0.717, 1.165) is 11.5 Å². The van der Waals surface area contributed by atoms with Gasteiger partial charge < -0.3 is 10.5 Å².